The molecule has 110 valence electrons. The number of amides is 1. The highest BCUT2D eigenvalue weighted by Gasteiger charge is 2.28. The summed E-state index contributed by atoms with van der Waals surface area (Å²) in [5, 5.41) is 15.3. The van der Waals surface area contributed by atoms with Crippen LogP contribution < -0.4 is 5.32 Å². The molecule has 21 heavy (non-hydrogen) atoms. The Morgan fingerprint density at radius 3 is 3.00 bits per heavy atom. The maximum Gasteiger partial charge on any atom is 0.234 e. The van der Waals surface area contributed by atoms with Gasteiger partial charge in [0.2, 0.25) is 11.1 Å². The van der Waals surface area contributed by atoms with Crippen molar-refractivity contribution >= 4 is 23.4 Å². The number of benzene rings is 1. The topological polar surface area (TPSA) is 72.7 Å². The van der Waals surface area contributed by atoms with Gasteiger partial charge in [0.05, 0.1) is 11.8 Å². The van der Waals surface area contributed by atoms with Crippen molar-refractivity contribution in [1.29, 1.82) is 0 Å². The standard InChI is InChI=1S/C14H17N5OS/c1-9-3-4-10(2)12(7-9)15-13(20)8-21-14-16-17-18-19(14)11-5-6-11/h3-4,7,11H,5-6,8H2,1-2H3,(H,15,20). The van der Waals surface area contributed by atoms with E-state index in [0.717, 1.165) is 29.7 Å². The Labute approximate surface area is 127 Å². The Morgan fingerprint density at radius 1 is 1.43 bits per heavy atom. The van der Waals surface area contributed by atoms with E-state index in [-0.39, 0.29) is 5.91 Å². The first kappa shape index (κ1) is 14.1. The van der Waals surface area contributed by atoms with E-state index >= 15 is 0 Å². The smallest absolute Gasteiger partial charge is 0.234 e. The molecular weight excluding hydrogens is 286 g/mol. The molecule has 3 rings (SSSR count). The van der Waals surface area contributed by atoms with Crippen LogP contribution in [0.2, 0.25) is 0 Å². The number of anilines is 1. The van der Waals surface area contributed by atoms with Crippen molar-refractivity contribution in [2.24, 2.45) is 0 Å². The second-order valence-electron chi connectivity index (χ2n) is 5.29. The zero-order valence-corrected chi connectivity index (χ0v) is 12.9. The van der Waals surface area contributed by atoms with Crippen molar-refractivity contribution in [3.05, 3.63) is 29.3 Å². The van der Waals surface area contributed by atoms with Gasteiger partial charge in [-0.25, -0.2) is 4.68 Å². The summed E-state index contributed by atoms with van der Waals surface area (Å²) in [5.74, 6) is 0.263. The van der Waals surface area contributed by atoms with E-state index in [4.69, 9.17) is 0 Å². The lowest BCUT2D eigenvalue weighted by Gasteiger charge is -2.09. The average Bonchev–Trinajstić information content (AvgIpc) is 3.19. The van der Waals surface area contributed by atoms with Gasteiger partial charge in [-0.05, 0) is 54.3 Å². The van der Waals surface area contributed by atoms with Crippen molar-refractivity contribution in [2.45, 2.75) is 37.9 Å². The molecule has 1 aromatic carbocycles. The van der Waals surface area contributed by atoms with Crippen molar-refractivity contribution in [2.75, 3.05) is 11.1 Å². The molecule has 1 amide bonds. The normalized spacial score (nSPS) is 14.2. The van der Waals surface area contributed by atoms with Gasteiger partial charge in [0, 0.05) is 5.69 Å². The summed E-state index contributed by atoms with van der Waals surface area (Å²) in [6, 6.07) is 6.44. The van der Waals surface area contributed by atoms with Gasteiger partial charge in [-0.1, -0.05) is 23.9 Å². The summed E-state index contributed by atoms with van der Waals surface area (Å²) in [7, 11) is 0. The van der Waals surface area contributed by atoms with Crippen molar-refractivity contribution in [3.8, 4) is 0 Å². The van der Waals surface area contributed by atoms with Crippen LogP contribution in [0.15, 0.2) is 23.4 Å². The minimum absolute atomic E-state index is 0.0425. The number of tetrazole rings is 1. The van der Waals surface area contributed by atoms with Gasteiger partial charge in [0.15, 0.2) is 0 Å². The molecule has 7 heteroatoms. The van der Waals surface area contributed by atoms with E-state index in [9.17, 15) is 4.79 Å². The zero-order chi connectivity index (χ0) is 14.8. The van der Waals surface area contributed by atoms with E-state index in [2.05, 4.69) is 20.8 Å². The molecule has 0 radical (unpaired) electrons. The summed E-state index contributed by atoms with van der Waals surface area (Å²) < 4.78 is 1.82. The molecule has 0 saturated heterocycles. The highest BCUT2D eigenvalue weighted by atomic mass is 32.2. The summed E-state index contributed by atoms with van der Waals surface area (Å²) in [6.07, 6.45) is 2.24. The van der Waals surface area contributed by atoms with Gasteiger partial charge in [0.25, 0.3) is 0 Å². The molecule has 1 N–H and O–H groups in total. The van der Waals surface area contributed by atoms with Crippen molar-refractivity contribution in [3.63, 3.8) is 0 Å². The van der Waals surface area contributed by atoms with Gasteiger partial charge >= 0.3 is 0 Å². The highest BCUT2D eigenvalue weighted by Crippen LogP contribution is 2.36. The number of carbonyl (C=O) groups excluding carboxylic acids is 1. The molecule has 0 unspecified atom stereocenters. The van der Waals surface area contributed by atoms with Crippen LogP contribution in [0.25, 0.3) is 0 Å². The number of nitrogens with zero attached hydrogens (tertiary/aromatic N) is 4. The fourth-order valence-electron chi connectivity index (χ4n) is 2.02. The monoisotopic (exact) mass is 303 g/mol. The van der Waals surface area contributed by atoms with E-state index in [1.807, 2.05) is 36.7 Å². The quantitative estimate of drug-likeness (QED) is 0.858. The Hall–Kier alpha value is -1.89. The predicted octanol–water partition coefficient (Wildman–Crippen LogP) is 2.36. The average molecular weight is 303 g/mol. The van der Waals surface area contributed by atoms with Gasteiger partial charge in [-0.15, -0.1) is 5.10 Å². The van der Waals surface area contributed by atoms with E-state index in [1.165, 1.54) is 11.8 Å². The van der Waals surface area contributed by atoms with Gasteiger partial charge in [-0.3, -0.25) is 4.79 Å². The number of nitrogens with one attached hydrogen (secondary N) is 1. The van der Waals surface area contributed by atoms with Gasteiger partial charge in [0.1, 0.15) is 0 Å². The second kappa shape index (κ2) is 5.85. The van der Waals surface area contributed by atoms with E-state index in [1.54, 1.807) is 0 Å². The summed E-state index contributed by atoms with van der Waals surface area (Å²) >= 11 is 1.37. The molecule has 0 spiro atoms. The number of hydrogen-bond acceptors (Lipinski definition) is 5. The maximum atomic E-state index is 12.1. The van der Waals surface area contributed by atoms with Crippen molar-refractivity contribution < 1.29 is 4.79 Å². The summed E-state index contributed by atoms with van der Waals surface area (Å²) in [6.45, 7) is 3.99. The number of rotatable bonds is 5. The Bertz CT molecular complexity index is 665. The number of aromatic nitrogens is 4. The third-order valence-corrected chi connectivity index (χ3v) is 4.29. The predicted molar refractivity (Wildman–Crippen MR) is 81.4 cm³/mol. The van der Waals surface area contributed by atoms with Crippen LogP contribution >= 0.6 is 11.8 Å². The Balaban J connectivity index is 1.59. The van der Waals surface area contributed by atoms with Gasteiger partial charge < -0.3 is 5.32 Å². The molecule has 0 atom stereocenters. The fourth-order valence-corrected chi connectivity index (χ4v) is 2.76. The molecule has 1 aliphatic rings. The molecular formula is C14H17N5OS. The molecule has 2 aromatic rings. The van der Waals surface area contributed by atoms with E-state index < -0.39 is 0 Å². The second-order valence-corrected chi connectivity index (χ2v) is 6.23. The van der Waals surface area contributed by atoms with Crippen LogP contribution in [0, 0.1) is 13.8 Å². The minimum atomic E-state index is -0.0425. The zero-order valence-electron chi connectivity index (χ0n) is 12.0. The Morgan fingerprint density at radius 2 is 2.24 bits per heavy atom. The van der Waals surface area contributed by atoms with Crippen LogP contribution in [0.5, 0.6) is 0 Å². The SMILES string of the molecule is Cc1ccc(C)c(NC(=O)CSc2nnnn2C2CC2)c1. The molecule has 6 nitrogen and oxygen atoms in total. The number of hydrogen-bond donors (Lipinski definition) is 1. The molecule has 0 bridgehead atoms. The number of thioether (sulfide) groups is 1. The van der Waals surface area contributed by atoms with Gasteiger partial charge in [-0.2, -0.15) is 0 Å². The maximum absolute atomic E-state index is 12.1. The van der Waals surface area contributed by atoms with Crippen LogP contribution in [0.3, 0.4) is 0 Å². The summed E-state index contributed by atoms with van der Waals surface area (Å²) in [4.78, 5) is 12.1. The first-order chi connectivity index (χ1) is 10.1. The largest absolute Gasteiger partial charge is 0.325 e. The first-order valence-corrected chi connectivity index (χ1v) is 7.90. The third-order valence-electron chi connectivity index (χ3n) is 3.35. The minimum Gasteiger partial charge on any atom is -0.325 e. The highest BCUT2D eigenvalue weighted by molar-refractivity contribution is 7.99. The van der Waals surface area contributed by atoms with Crippen LogP contribution in [-0.4, -0.2) is 31.9 Å². The van der Waals surface area contributed by atoms with E-state index in [0.29, 0.717) is 17.0 Å². The molecule has 1 aliphatic carbocycles. The Kier molecular flexibility index (Phi) is 3.92. The lowest BCUT2D eigenvalue weighted by Crippen LogP contribution is -2.15. The van der Waals surface area contributed by atoms with Crippen molar-refractivity contribution in [1.82, 2.24) is 20.2 Å². The van der Waals surface area contributed by atoms with Crippen LogP contribution in [0.4, 0.5) is 5.69 Å². The molecule has 1 heterocycles. The molecule has 0 aliphatic heterocycles. The lowest BCUT2D eigenvalue weighted by molar-refractivity contribution is -0.113. The molecule has 1 fully saturated rings. The number of aryl methyl sites for hydroxylation is 2. The summed E-state index contributed by atoms with van der Waals surface area (Å²) in [5.41, 5.74) is 3.05. The van der Waals surface area contributed by atoms with Crippen LogP contribution in [-0.2, 0) is 4.79 Å². The molecule has 1 aromatic heterocycles. The van der Waals surface area contributed by atoms with Crippen LogP contribution in [0.1, 0.15) is 30.0 Å². The first-order valence-electron chi connectivity index (χ1n) is 6.91. The molecule has 1 saturated carbocycles. The lowest BCUT2D eigenvalue weighted by atomic mass is 10.1. The fraction of sp³-hybridized carbons (Fsp3) is 0.429. The third kappa shape index (κ3) is 3.41. The number of carbonyl (C=O) groups is 1.